The van der Waals surface area contributed by atoms with Gasteiger partial charge in [-0.2, -0.15) is 0 Å². The van der Waals surface area contributed by atoms with E-state index in [1.165, 1.54) is 5.56 Å². The highest BCUT2D eigenvalue weighted by Crippen LogP contribution is 2.40. The number of halogens is 3. The van der Waals surface area contributed by atoms with Gasteiger partial charge in [-0.05, 0) is 49.8 Å². The molecule has 200 valence electrons. The molecule has 3 rings (SSSR count). The van der Waals surface area contributed by atoms with Crippen molar-refractivity contribution in [2.75, 3.05) is 59.4 Å². The maximum Gasteiger partial charge on any atom is 0.319 e. The Labute approximate surface area is 241 Å². The molecule has 1 aliphatic heterocycles. The number of amides is 2. The molecule has 1 fully saturated rings. The van der Waals surface area contributed by atoms with Crippen LogP contribution >= 0.6 is 23.2 Å². The first-order chi connectivity index (χ1) is 16.8. The number of carbonyl (C=O) groups is 1. The average molecular weight is 652 g/mol. The van der Waals surface area contributed by atoms with E-state index in [-0.39, 0.29) is 30.0 Å². The normalized spacial score (nSPS) is 19.1. The average Bonchev–Trinajstić information content (AvgIpc) is 2.86. The van der Waals surface area contributed by atoms with E-state index in [1.54, 1.807) is 33.5 Å². The standard InChI is InChI=1S/C26H35Cl2N3O4.HI/c1-5-31(11-8-18(9-12-31)14-19-6-7-21(27)22(28)15-19)13-10-29-26(32)30-20-16-23(33-2)25(35-4)24(17-20)34-3;/h6-7,15-18H,5,8-14H2,1-4H3,(H-,29,30,32);1H. The number of nitrogens with one attached hydrogen (secondary N) is 2. The summed E-state index contributed by atoms with van der Waals surface area (Å²) >= 11 is 12.2. The molecule has 0 radical (unpaired) electrons. The van der Waals surface area contributed by atoms with Crippen molar-refractivity contribution >= 4 is 34.9 Å². The molecular formula is C26H36Cl2IN3O4. The fourth-order valence-corrected chi connectivity index (χ4v) is 5.13. The number of urea groups is 1. The summed E-state index contributed by atoms with van der Waals surface area (Å²) in [6.07, 6.45) is 3.34. The first-order valence-corrected chi connectivity index (χ1v) is 12.7. The van der Waals surface area contributed by atoms with Crippen LogP contribution in [0.2, 0.25) is 10.0 Å². The maximum absolute atomic E-state index is 12.5. The van der Waals surface area contributed by atoms with Gasteiger partial charge in [-0.15, -0.1) is 0 Å². The highest BCUT2D eigenvalue weighted by atomic mass is 127. The van der Waals surface area contributed by atoms with Crippen molar-refractivity contribution in [3.63, 3.8) is 0 Å². The van der Waals surface area contributed by atoms with E-state index in [2.05, 4.69) is 23.6 Å². The van der Waals surface area contributed by atoms with Crippen LogP contribution in [0.3, 0.4) is 0 Å². The molecule has 7 nitrogen and oxygen atoms in total. The lowest BCUT2D eigenvalue weighted by Gasteiger charge is -2.43. The van der Waals surface area contributed by atoms with Gasteiger partial charge in [0.05, 0.1) is 69.8 Å². The van der Waals surface area contributed by atoms with E-state index in [0.717, 1.165) is 49.9 Å². The van der Waals surface area contributed by atoms with Gasteiger partial charge >= 0.3 is 6.03 Å². The fourth-order valence-electron chi connectivity index (χ4n) is 4.81. The first kappa shape index (κ1) is 30.6. The largest absolute Gasteiger partial charge is 1.00 e. The van der Waals surface area contributed by atoms with Crippen LogP contribution in [-0.2, 0) is 6.42 Å². The minimum atomic E-state index is -0.261. The molecule has 2 amide bonds. The molecule has 10 heteroatoms. The SMILES string of the molecule is CC[N+]1(CCNC(=O)Nc2cc(OC)c(OC)c(OC)c2)CCC(Cc2ccc(Cl)c(Cl)c2)CC1.[I-]. The van der Waals surface area contributed by atoms with Crippen molar-refractivity contribution in [1.82, 2.24) is 5.32 Å². The number of nitrogens with zero attached hydrogens (tertiary/aromatic N) is 1. The van der Waals surface area contributed by atoms with E-state index < -0.39 is 0 Å². The van der Waals surface area contributed by atoms with Gasteiger partial charge in [0.15, 0.2) is 11.5 Å². The van der Waals surface area contributed by atoms with Crippen molar-refractivity contribution in [3.05, 3.63) is 45.9 Å². The molecule has 0 spiro atoms. The van der Waals surface area contributed by atoms with Crippen LogP contribution in [0.25, 0.3) is 0 Å². The number of carbonyl (C=O) groups excluding carboxylic acids is 1. The third-order valence-corrected chi connectivity index (χ3v) is 7.74. The zero-order valence-electron chi connectivity index (χ0n) is 21.3. The predicted octanol–water partition coefficient (Wildman–Crippen LogP) is 2.63. The van der Waals surface area contributed by atoms with Gasteiger partial charge in [-0.25, -0.2) is 4.79 Å². The summed E-state index contributed by atoms with van der Waals surface area (Å²) in [5.74, 6) is 2.10. The maximum atomic E-state index is 12.5. The summed E-state index contributed by atoms with van der Waals surface area (Å²) in [6, 6.07) is 9.09. The first-order valence-electron chi connectivity index (χ1n) is 12.0. The molecule has 0 aromatic heterocycles. The summed E-state index contributed by atoms with van der Waals surface area (Å²) in [4.78, 5) is 12.5. The summed E-state index contributed by atoms with van der Waals surface area (Å²) in [5, 5.41) is 7.08. The number of hydrogen-bond donors (Lipinski definition) is 2. The Kier molecular flexibility index (Phi) is 12.2. The second-order valence-electron chi connectivity index (χ2n) is 9.02. The van der Waals surface area contributed by atoms with Crippen molar-refractivity contribution in [2.45, 2.75) is 26.2 Å². The third-order valence-electron chi connectivity index (χ3n) is 7.00. The van der Waals surface area contributed by atoms with Gasteiger partial charge < -0.3 is 53.3 Å². The van der Waals surface area contributed by atoms with Crippen LogP contribution in [0, 0.1) is 5.92 Å². The molecular weight excluding hydrogens is 616 g/mol. The molecule has 2 N–H and O–H groups in total. The Morgan fingerprint density at radius 3 is 2.17 bits per heavy atom. The molecule has 0 atom stereocenters. The quantitative estimate of drug-likeness (QED) is 0.306. The summed E-state index contributed by atoms with van der Waals surface area (Å²) in [7, 11) is 4.63. The van der Waals surface area contributed by atoms with E-state index in [9.17, 15) is 4.79 Å². The van der Waals surface area contributed by atoms with Crippen LogP contribution in [0.4, 0.5) is 10.5 Å². The van der Waals surface area contributed by atoms with Gasteiger partial charge in [0.2, 0.25) is 5.75 Å². The third kappa shape index (κ3) is 7.94. The molecule has 2 aromatic rings. The highest BCUT2D eigenvalue weighted by molar-refractivity contribution is 6.42. The number of likely N-dealkylation sites (N-methyl/N-ethyl adjacent to an activating group) is 1. The molecule has 0 bridgehead atoms. The molecule has 1 saturated heterocycles. The molecule has 0 unspecified atom stereocenters. The zero-order valence-corrected chi connectivity index (χ0v) is 25.0. The van der Waals surface area contributed by atoms with Crippen LogP contribution < -0.4 is 48.8 Å². The molecule has 1 aliphatic rings. The lowest BCUT2D eigenvalue weighted by molar-refractivity contribution is -0.930. The zero-order chi connectivity index (χ0) is 25.4. The van der Waals surface area contributed by atoms with Crippen molar-refractivity contribution in [3.8, 4) is 17.2 Å². The van der Waals surface area contributed by atoms with Crippen LogP contribution in [0.5, 0.6) is 17.2 Å². The van der Waals surface area contributed by atoms with E-state index in [0.29, 0.717) is 45.4 Å². The monoisotopic (exact) mass is 651 g/mol. The number of hydrogen-bond acceptors (Lipinski definition) is 4. The van der Waals surface area contributed by atoms with Gasteiger partial charge in [0, 0.05) is 12.1 Å². The topological polar surface area (TPSA) is 68.8 Å². The number of ether oxygens (including phenoxy) is 3. The van der Waals surface area contributed by atoms with Gasteiger partial charge in [0.1, 0.15) is 0 Å². The Morgan fingerprint density at radius 2 is 1.64 bits per heavy atom. The van der Waals surface area contributed by atoms with Gasteiger partial charge in [-0.3, -0.25) is 0 Å². The van der Waals surface area contributed by atoms with E-state index >= 15 is 0 Å². The second-order valence-corrected chi connectivity index (χ2v) is 9.83. The molecule has 1 heterocycles. The van der Waals surface area contributed by atoms with Crippen molar-refractivity contribution < 1.29 is 47.5 Å². The molecule has 2 aromatic carbocycles. The summed E-state index contributed by atoms with van der Waals surface area (Å²) in [6.45, 7) is 7.00. The Balaban J connectivity index is 0.00000456. The minimum absolute atomic E-state index is 0. The van der Waals surface area contributed by atoms with Crippen molar-refractivity contribution in [2.24, 2.45) is 5.92 Å². The Hall–Kier alpha value is -1.62. The van der Waals surface area contributed by atoms with Gasteiger partial charge in [-0.1, -0.05) is 29.3 Å². The number of piperidine rings is 1. The number of rotatable bonds is 10. The predicted molar refractivity (Wildman–Crippen MR) is 141 cm³/mol. The molecule has 0 saturated carbocycles. The van der Waals surface area contributed by atoms with Crippen LogP contribution in [0.15, 0.2) is 30.3 Å². The lowest BCUT2D eigenvalue weighted by atomic mass is 9.89. The van der Waals surface area contributed by atoms with E-state index in [4.69, 9.17) is 37.4 Å². The summed E-state index contributed by atoms with van der Waals surface area (Å²) in [5.41, 5.74) is 1.81. The molecule has 0 aliphatic carbocycles. The fraction of sp³-hybridized carbons (Fsp3) is 0.500. The molecule has 36 heavy (non-hydrogen) atoms. The number of anilines is 1. The smallest absolute Gasteiger partial charge is 0.319 e. The summed E-state index contributed by atoms with van der Waals surface area (Å²) < 4.78 is 17.1. The van der Waals surface area contributed by atoms with Gasteiger partial charge in [0.25, 0.3) is 0 Å². The minimum Gasteiger partial charge on any atom is -1.00 e. The Bertz CT molecular complexity index is 992. The number of quaternary nitrogens is 1. The van der Waals surface area contributed by atoms with Crippen LogP contribution in [0.1, 0.15) is 25.3 Å². The Morgan fingerprint density at radius 1 is 1.00 bits per heavy atom. The number of methoxy groups -OCH3 is 3. The lowest BCUT2D eigenvalue weighted by Crippen LogP contribution is -3.00. The second kappa shape index (κ2) is 14.4. The number of likely N-dealkylation sites (tertiary alicyclic amines) is 1. The van der Waals surface area contributed by atoms with Crippen molar-refractivity contribution in [1.29, 1.82) is 0 Å². The van der Waals surface area contributed by atoms with E-state index in [1.807, 2.05) is 12.1 Å². The number of benzene rings is 2. The van der Waals surface area contributed by atoms with Crippen LogP contribution in [-0.4, -0.2) is 64.6 Å². The highest BCUT2D eigenvalue weighted by Gasteiger charge is 2.32.